The van der Waals surface area contributed by atoms with Crippen molar-refractivity contribution in [3.05, 3.63) is 24.3 Å². The van der Waals surface area contributed by atoms with Gasteiger partial charge in [0.05, 0.1) is 18.6 Å². The van der Waals surface area contributed by atoms with Gasteiger partial charge in [-0.05, 0) is 37.8 Å². The molecule has 0 amide bonds. The van der Waals surface area contributed by atoms with E-state index in [-0.39, 0.29) is 12.5 Å². The maximum absolute atomic E-state index is 10.9. The summed E-state index contributed by atoms with van der Waals surface area (Å²) in [7, 11) is 1.56. The minimum Gasteiger partial charge on any atom is -0.493 e. The number of carbonyl (C=O) groups is 1. The molecule has 1 fully saturated rings. The van der Waals surface area contributed by atoms with Crippen LogP contribution in [0.15, 0.2) is 24.3 Å². The summed E-state index contributed by atoms with van der Waals surface area (Å²) in [5.74, 6) is 0.0818. The van der Waals surface area contributed by atoms with Gasteiger partial charge in [-0.1, -0.05) is 12.1 Å². The maximum Gasteiger partial charge on any atom is 0.306 e. The number of methoxy groups -OCH3 is 1. The van der Waals surface area contributed by atoms with Crippen molar-refractivity contribution in [2.24, 2.45) is 5.92 Å². The molecule has 20 heavy (non-hydrogen) atoms. The van der Waals surface area contributed by atoms with E-state index in [1.165, 1.54) is 0 Å². The molecule has 0 atom stereocenters. The highest BCUT2D eigenvalue weighted by atomic mass is 16.5. The number of rotatable bonds is 5. The third-order valence-corrected chi connectivity index (χ3v) is 3.83. The van der Waals surface area contributed by atoms with Crippen LogP contribution in [0.5, 0.6) is 11.5 Å². The minimum absolute atomic E-state index is 0.152. The number of carboxylic acids is 1. The Bertz CT molecular complexity index is 463. The van der Waals surface area contributed by atoms with E-state index >= 15 is 0 Å². The molecule has 2 rings (SSSR count). The zero-order valence-corrected chi connectivity index (χ0v) is 11.5. The fourth-order valence-corrected chi connectivity index (χ4v) is 2.50. The lowest BCUT2D eigenvalue weighted by molar-refractivity contribution is -0.145. The molecular weight excluding hydrogens is 260 g/mol. The molecule has 0 bridgehead atoms. The summed E-state index contributed by atoms with van der Waals surface area (Å²) in [6.45, 7) is 0.152. The van der Waals surface area contributed by atoms with Gasteiger partial charge < -0.3 is 19.7 Å². The molecule has 0 saturated heterocycles. The summed E-state index contributed by atoms with van der Waals surface area (Å²) in [5, 5.41) is 19.4. The first-order valence-corrected chi connectivity index (χ1v) is 6.75. The van der Waals surface area contributed by atoms with Crippen molar-refractivity contribution in [3.8, 4) is 11.5 Å². The number of aliphatic hydroxyl groups is 1. The first-order valence-electron chi connectivity index (χ1n) is 6.75. The second kappa shape index (κ2) is 6.13. The Kier molecular flexibility index (Phi) is 4.49. The van der Waals surface area contributed by atoms with E-state index < -0.39 is 11.6 Å². The molecule has 1 saturated carbocycles. The zero-order chi connectivity index (χ0) is 14.6. The number of benzene rings is 1. The van der Waals surface area contributed by atoms with E-state index in [4.69, 9.17) is 14.6 Å². The van der Waals surface area contributed by atoms with Crippen LogP contribution in [-0.4, -0.2) is 35.5 Å². The fraction of sp³-hybridized carbons (Fsp3) is 0.533. The molecular formula is C15H20O5. The molecule has 1 aromatic rings. The quantitative estimate of drug-likeness (QED) is 0.863. The SMILES string of the molecule is COc1ccccc1OCC1(O)CCC(C(=O)O)CC1. The highest BCUT2D eigenvalue weighted by molar-refractivity contribution is 5.70. The highest BCUT2D eigenvalue weighted by Crippen LogP contribution is 2.34. The van der Waals surface area contributed by atoms with Crippen LogP contribution in [-0.2, 0) is 4.79 Å². The Hall–Kier alpha value is -1.75. The fourth-order valence-electron chi connectivity index (χ4n) is 2.50. The maximum atomic E-state index is 10.9. The van der Waals surface area contributed by atoms with Crippen LogP contribution in [0.1, 0.15) is 25.7 Å². The van der Waals surface area contributed by atoms with Crippen LogP contribution in [0.4, 0.5) is 0 Å². The Labute approximate surface area is 118 Å². The third kappa shape index (κ3) is 3.42. The van der Waals surface area contributed by atoms with Crippen LogP contribution in [0.3, 0.4) is 0 Å². The molecule has 2 N–H and O–H groups in total. The summed E-state index contributed by atoms with van der Waals surface area (Å²) in [4.78, 5) is 10.9. The van der Waals surface area contributed by atoms with Crippen molar-refractivity contribution in [3.63, 3.8) is 0 Å². The lowest BCUT2D eigenvalue weighted by Crippen LogP contribution is -2.41. The van der Waals surface area contributed by atoms with Gasteiger partial charge in [-0.2, -0.15) is 0 Å². The normalized spacial score (nSPS) is 26.0. The van der Waals surface area contributed by atoms with E-state index in [0.29, 0.717) is 37.2 Å². The largest absolute Gasteiger partial charge is 0.493 e. The molecule has 1 aromatic carbocycles. The average molecular weight is 280 g/mol. The van der Waals surface area contributed by atoms with Crippen molar-refractivity contribution in [2.45, 2.75) is 31.3 Å². The Morgan fingerprint density at radius 3 is 2.45 bits per heavy atom. The van der Waals surface area contributed by atoms with Gasteiger partial charge in [-0.3, -0.25) is 4.79 Å². The number of para-hydroxylation sites is 2. The number of hydrogen-bond acceptors (Lipinski definition) is 4. The number of hydrogen-bond donors (Lipinski definition) is 2. The van der Waals surface area contributed by atoms with Gasteiger partial charge >= 0.3 is 5.97 Å². The van der Waals surface area contributed by atoms with E-state index in [2.05, 4.69) is 0 Å². The van der Waals surface area contributed by atoms with Crippen molar-refractivity contribution < 1.29 is 24.5 Å². The number of carboxylic acid groups (broad SMARTS) is 1. The van der Waals surface area contributed by atoms with Crippen molar-refractivity contribution in [2.75, 3.05) is 13.7 Å². The predicted octanol–water partition coefficient (Wildman–Crippen LogP) is 2.08. The van der Waals surface area contributed by atoms with Crippen LogP contribution >= 0.6 is 0 Å². The summed E-state index contributed by atoms with van der Waals surface area (Å²) in [6.07, 6.45) is 1.86. The predicted molar refractivity (Wildman–Crippen MR) is 73.0 cm³/mol. The van der Waals surface area contributed by atoms with Crippen molar-refractivity contribution in [1.82, 2.24) is 0 Å². The summed E-state index contributed by atoms with van der Waals surface area (Å²) < 4.78 is 10.8. The van der Waals surface area contributed by atoms with Crippen molar-refractivity contribution in [1.29, 1.82) is 0 Å². The second-order valence-corrected chi connectivity index (χ2v) is 5.28. The van der Waals surface area contributed by atoms with Gasteiger partial charge in [0.15, 0.2) is 11.5 Å². The van der Waals surface area contributed by atoms with Gasteiger partial charge in [0.2, 0.25) is 0 Å². The van der Waals surface area contributed by atoms with Gasteiger partial charge in [-0.25, -0.2) is 0 Å². The molecule has 1 aliphatic rings. The molecule has 0 unspecified atom stereocenters. The van der Waals surface area contributed by atoms with E-state index in [9.17, 15) is 9.90 Å². The van der Waals surface area contributed by atoms with E-state index in [1.54, 1.807) is 19.2 Å². The Balaban J connectivity index is 1.92. The molecule has 0 heterocycles. The summed E-state index contributed by atoms with van der Waals surface area (Å²) in [6, 6.07) is 7.26. The Morgan fingerprint density at radius 1 is 1.30 bits per heavy atom. The molecule has 5 heteroatoms. The average Bonchev–Trinajstić information content (AvgIpc) is 2.46. The van der Waals surface area contributed by atoms with Crippen LogP contribution in [0.2, 0.25) is 0 Å². The first kappa shape index (κ1) is 14.7. The van der Waals surface area contributed by atoms with Gasteiger partial charge in [0, 0.05) is 0 Å². The minimum atomic E-state index is -0.952. The molecule has 1 aliphatic carbocycles. The molecule has 5 nitrogen and oxygen atoms in total. The van der Waals surface area contributed by atoms with Crippen LogP contribution < -0.4 is 9.47 Å². The van der Waals surface area contributed by atoms with Gasteiger partial charge in [0.1, 0.15) is 6.61 Å². The smallest absolute Gasteiger partial charge is 0.306 e. The topological polar surface area (TPSA) is 76.0 Å². The Morgan fingerprint density at radius 2 is 1.90 bits per heavy atom. The highest BCUT2D eigenvalue weighted by Gasteiger charge is 2.36. The molecule has 0 aliphatic heterocycles. The molecule has 0 radical (unpaired) electrons. The van der Waals surface area contributed by atoms with Crippen LogP contribution in [0.25, 0.3) is 0 Å². The van der Waals surface area contributed by atoms with E-state index in [1.807, 2.05) is 12.1 Å². The molecule has 110 valence electrons. The second-order valence-electron chi connectivity index (χ2n) is 5.28. The van der Waals surface area contributed by atoms with Gasteiger partial charge in [0.25, 0.3) is 0 Å². The monoisotopic (exact) mass is 280 g/mol. The van der Waals surface area contributed by atoms with Crippen molar-refractivity contribution >= 4 is 5.97 Å². The number of aliphatic carboxylic acids is 1. The lowest BCUT2D eigenvalue weighted by atomic mass is 9.79. The number of ether oxygens (including phenoxy) is 2. The summed E-state index contributed by atoms with van der Waals surface area (Å²) >= 11 is 0. The van der Waals surface area contributed by atoms with Crippen LogP contribution in [0, 0.1) is 5.92 Å². The zero-order valence-electron chi connectivity index (χ0n) is 11.5. The standard InChI is InChI=1S/C15H20O5/c1-19-12-4-2-3-5-13(12)20-10-15(18)8-6-11(7-9-15)14(16)17/h2-5,11,18H,6-10H2,1H3,(H,16,17). The molecule has 0 aromatic heterocycles. The first-order chi connectivity index (χ1) is 9.54. The third-order valence-electron chi connectivity index (χ3n) is 3.83. The summed E-state index contributed by atoms with van der Waals surface area (Å²) in [5.41, 5.74) is -0.952. The van der Waals surface area contributed by atoms with Gasteiger partial charge in [-0.15, -0.1) is 0 Å². The lowest BCUT2D eigenvalue weighted by Gasteiger charge is -2.34. The van der Waals surface area contributed by atoms with E-state index in [0.717, 1.165) is 0 Å². The molecule has 0 spiro atoms.